The SMILES string of the molecule is CC[C@@H](Nc1cnc(C(N)=O)c(Nc2cnn(CC3CC3)c2)n1)C(N)=O. The first-order valence-corrected chi connectivity index (χ1v) is 8.48. The van der Waals surface area contributed by atoms with Gasteiger partial charge in [0.05, 0.1) is 18.1 Å². The van der Waals surface area contributed by atoms with Crippen LogP contribution in [0.2, 0.25) is 0 Å². The van der Waals surface area contributed by atoms with Crippen molar-refractivity contribution in [2.75, 3.05) is 10.6 Å². The lowest BCUT2D eigenvalue weighted by Gasteiger charge is -2.15. The molecule has 0 radical (unpaired) electrons. The zero-order valence-electron chi connectivity index (χ0n) is 14.5. The second kappa shape index (κ2) is 7.38. The molecule has 1 fully saturated rings. The smallest absolute Gasteiger partial charge is 0.271 e. The summed E-state index contributed by atoms with van der Waals surface area (Å²) in [5.41, 5.74) is 11.4. The van der Waals surface area contributed by atoms with Crippen LogP contribution in [0.3, 0.4) is 0 Å². The number of anilines is 3. The van der Waals surface area contributed by atoms with Gasteiger partial charge in [0.2, 0.25) is 5.91 Å². The zero-order chi connectivity index (χ0) is 18.7. The highest BCUT2D eigenvalue weighted by Gasteiger charge is 2.22. The fourth-order valence-corrected chi connectivity index (χ4v) is 2.51. The lowest BCUT2D eigenvalue weighted by atomic mass is 10.2. The van der Waals surface area contributed by atoms with Gasteiger partial charge in [-0.05, 0) is 25.2 Å². The minimum atomic E-state index is -0.709. The van der Waals surface area contributed by atoms with Crippen LogP contribution < -0.4 is 22.1 Å². The Labute approximate surface area is 150 Å². The maximum absolute atomic E-state index is 11.6. The molecule has 10 heteroatoms. The monoisotopic (exact) mass is 358 g/mol. The molecule has 0 saturated heterocycles. The van der Waals surface area contributed by atoms with Gasteiger partial charge in [-0.3, -0.25) is 14.3 Å². The summed E-state index contributed by atoms with van der Waals surface area (Å²) in [5.74, 6) is -0.0136. The van der Waals surface area contributed by atoms with Crippen LogP contribution in [0.1, 0.15) is 36.7 Å². The Morgan fingerprint density at radius 3 is 2.73 bits per heavy atom. The summed E-state index contributed by atoms with van der Waals surface area (Å²) in [7, 11) is 0. The Balaban J connectivity index is 1.80. The van der Waals surface area contributed by atoms with Crippen molar-refractivity contribution in [1.29, 1.82) is 0 Å². The molecule has 3 rings (SSSR count). The molecule has 0 aromatic carbocycles. The summed E-state index contributed by atoms with van der Waals surface area (Å²) in [4.78, 5) is 31.4. The highest BCUT2D eigenvalue weighted by atomic mass is 16.1. The van der Waals surface area contributed by atoms with Crippen molar-refractivity contribution in [1.82, 2.24) is 19.7 Å². The molecule has 0 bridgehead atoms. The molecule has 1 aliphatic carbocycles. The minimum Gasteiger partial charge on any atom is -0.368 e. The first kappa shape index (κ1) is 17.6. The number of aromatic nitrogens is 4. The van der Waals surface area contributed by atoms with E-state index in [1.807, 2.05) is 17.8 Å². The largest absolute Gasteiger partial charge is 0.368 e. The number of carbonyl (C=O) groups excluding carboxylic acids is 2. The van der Waals surface area contributed by atoms with E-state index < -0.39 is 17.9 Å². The molecule has 2 aromatic heterocycles. The standard InChI is InChI=1S/C16H22N8O2/c1-2-11(14(17)25)22-12-6-19-13(15(18)26)16(23-12)21-10-5-20-24(8-10)7-9-3-4-9/h5-6,8-9,11H,2-4,7H2,1H3,(H2,17,25)(H2,18,26)(H2,21,22,23)/t11-/m1/s1. The van der Waals surface area contributed by atoms with Crippen LogP contribution in [0, 0.1) is 5.92 Å². The molecule has 0 unspecified atom stereocenters. The van der Waals surface area contributed by atoms with Crippen molar-refractivity contribution in [3.8, 4) is 0 Å². The predicted molar refractivity (Wildman–Crippen MR) is 95.7 cm³/mol. The highest BCUT2D eigenvalue weighted by molar-refractivity contribution is 5.96. The number of primary amides is 2. The maximum atomic E-state index is 11.6. The lowest BCUT2D eigenvalue weighted by molar-refractivity contribution is -0.118. The number of carbonyl (C=O) groups is 2. The number of nitrogens with two attached hydrogens (primary N) is 2. The summed E-state index contributed by atoms with van der Waals surface area (Å²) in [5, 5.41) is 10.2. The Kier molecular flexibility index (Phi) is 5.01. The number of hydrogen-bond donors (Lipinski definition) is 4. The first-order valence-electron chi connectivity index (χ1n) is 8.48. The summed E-state index contributed by atoms with van der Waals surface area (Å²) >= 11 is 0. The molecule has 1 aliphatic rings. The van der Waals surface area contributed by atoms with E-state index in [1.165, 1.54) is 19.0 Å². The van der Waals surface area contributed by atoms with Crippen LogP contribution in [-0.2, 0) is 11.3 Å². The van der Waals surface area contributed by atoms with E-state index in [-0.39, 0.29) is 11.5 Å². The molecule has 10 nitrogen and oxygen atoms in total. The third kappa shape index (κ3) is 4.26. The fraction of sp³-hybridized carbons (Fsp3) is 0.438. The van der Waals surface area contributed by atoms with Gasteiger partial charge in [-0.25, -0.2) is 9.97 Å². The first-order chi connectivity index (χ1) is 12.5. The normalized spacial score (nSPS) is 14.7. The molecule has 6 N–H and O–H groups in total. The Morgan fingerprint density at radius 2 is 2.12 bits per heavy atom. The number of amides is 2. The van der Waals surface area contributed by atoms with Crippen molar-refractivity contribution in [2.45, 2.75) is 38.8 Å². The molecule has 1 atom stereocenters. The van der Waals surface area contributed by atoms with Crippen molar-refractivity contribution in [3.63, 3.8) is 0 Å². The third-order valence-electron chi connectivity index (χ3n) is 4.12. The highest BCUT2D eigenvalue weighted by Crippen LogP contribution is 2.30. The van der Waals surface area contributed by atoms with Crippen LogP contribution >= 0.6 is 0 Å². The van der Waals surface area contributed by atoms with E-state index in [2.05, 4.69) is 25.7 Å². The zero-order valence-corrected chi connectivity index (χ0v) is 14.5. The molecule has 26 heavy (non-hydrogen) atoms. The van der Waals surface area contributed by atoms with Gasteiger partial charge < -0.3 is 22.1 Å². The van der Waals surface area contributed by atoms with E-state index in [9.17, 15) is 9.59 Å². The average Bonchev–Trinajstić information content (AvgIpc) is 3.30. The number of hydrogen-bond acceptors (Lipinski definition) is 7. The van der Waals surface area contributed by atoms with Crippen molar-refractivity contribution in [2.24, 2.45) is 17.4 Å². The number of nitrogens with zero attached hydrogens (tertiary/aromatic N) is 4. The van der Waals surface area contributed by atoms with Gasteiger partial charge >= 0.3 is 0 Å². The van der Waals surface area contributed by atoms with E-state index in [0.29, 0.717) is 23.8 Å². The van der Waals surface area contributed by atoms with Gasteiger partial charge in [-0.15, -0.1) is 0 Å². The van der Waals surface area contributed by atoms with Gasteiger partial charge in [0.15, 0.2) is 11.5 Å². The van der Waals surface area contributed by atoms with E-state index in [1.54, 1.807) is 6.20 Å². The lowest BCUT2D eigenvalue weighted by Crippen LogP contribution is -2.35. The molecular weight excluding hydrogens is 336 g/mol. The maximum Gasteiger partial charge on any atom is 0.271 e. The van der Waals surface area contributed by atoms with Gasteiger partial charge in [0.25, 0.3) is 5.91 Å². The van der Waals surface area contributed by atoms with E-state index in [4.69, 9.17) is 11.5 Å². The Hall–Kier alpha value is -3.17. The van der Waals surface area contributed by atoms with Crippen LogP contribution in [0.15, 0.2) is 18.6 Å². The molecule has 2 aromatic rings. The predicted octanol–water partition coefficient (Wildman–Crippen LogP) is 0.601. The summed E-state index contributed by atoms with van der Waals surface area (Å²) < 4.78 is 1.85. The second-order valence-corrected chi connectivity index (χ2v) is 6.34. The van der Waals surface area contributed by atoms with Crippen molar-refractivity contribution in [3.05, 3.63) is 24.3 Å². The fourth-order valence-electron chi connectivity index (χ4n) is 2.51. The van der Waals surface area contributed by atoms with E-state index >= 15 is 0 Å². The molecule has 0 aliphatic heterocycles. The number of rotatable bonds is 9. The van der Waals surface area contributed by atoms with Gasteiger partial charge in [-0.2, -0.15) is 5.10 Å². The summed E-state index contributed by atoms with van der Waals surface area (Å²) in [6, 6.07) is -0.585. The number of nitrogens with one attached hydrogen (secondary N) is 2. The van der Waals surface area contributed by atoms with Crippen molar-refractivity contribution >= 4 is 29.1 Å². The third-order valence-corrected chi connectivity index (χ3v) is 4.12. The molecule has 138 valence electrons. The molecule has 1 saturated carbocycles. The van der Waals surface area contributed by atoms with Crippen molar-refractivity contribution < 1.29 is 9.59 Å². The Bertz CT molecular complexity index is 814. The van der Waals surface area contributed by atoms with Crippen LogP contribution in [-0.4, -0.2) is 37.6 Å². The van der Waals surface area contributed by atoms with Gasteiger partial charge in [0, 0.05) is 12.7 Å². The molecular formula is C16H22N8O2. The topological polar surface area (TPSA) is 154 Å². The second-order valence-electron chi connectivity index (χ2n) is 6.34. The molecule has 0 spiro atoms. The van der Waals surface area contributed by atoms with Gasteiger partial charge in [0.1, 0.15) is 11.9 Å². The summed E-state index contributed by atoms with van der Waals surface area (Å²) in [6.45, 7) is 2.69. The van der Waals surface area contributed by atoms with E-state index in [0.717, 1.165) is 6.54 Å². The quantitative estimate of drug-likeness (QED) is 0.512. The van der Waals surface area contributed by atoms with Gasteiger partial charge in [-0.1, -0.05) is 6.92 Å². The Morgan fingerprint density at radius 1 is 1.35 bits per heavy atom. The summed E-state index contributed by atoms with van der Waals surface area (Å²) in [6.07, 6.45) is 7.77. The minimum absolute atomic E-state index is 0.00221. The average molecular weight is 358 g/mol. The van der Waals surface area contributed by atoms with Crippen LogP contribution in [0.5, 0.6) is 0 Å². The van der Waals surface area contributed by atoms with Crippen LogP contribution in [0.4, 0.5) is 17.3 Å². The molecule has 2 heterocycles. The van der Waals surface area contributed by atoms with Crippen LogP contribution in [0.25, 0.3) is 0 Å². The molecule has 2 amide bonds.